The highest BCUT2D eigenvalue weighted by Gasteiger charge is 2.33. The number of hydrogen-bond donors (Lipinski definition) is 2. The molecule has 0 aliphatic carbocycles. The van der Waals surface area contributed by atoms with Crippen LogP contribution < -0.4 is 11.1 Å². The van der Waals surface area contributed by atoms with Crippen molar-refractivity contribution in [1.82, 2.24) is 20.2 Å². The molecule has 120 valence electrons. The van der Waals surface area contributed by atoms with Crippen LogP contribution in [0.3, 0.4) is 0 Å². The number of nitrogens with two attached hydrogens (primary N) is 1. The average molecular weight is 303 g/mol. The second-order valence-electron chi connectivity index (χ2n) is 6.69. The van der Waals surface area contributed by atoms with Crippen molar-refractivity contribution in [3.05, 3.63) is 17.5 Å². The molecular formula is C16H25N5O. The van der Waals surface area contributed by atoms with Gasteiger partial charge in [-0.1, -0.05) is 13.8 Å². The van der Waals surface area contributed by atoms with Crippen molar-refractivity contribution < 1.29 is 4.79 Å². The minimum absolute atomic E-state index is 0.0139. The van der Waals surface area contributed by atoms with E-state index in [2.05, 4.69) is 15.3 Å². The fourth-order valence-corrected chi connectivity index (χ4v) is 3.48. The van der Waals surface area contributed by atoms with Gasteiger partial charge < -0.3 is 16.0 Å². The van der Waals surface area contributed by atoms with Crippen LogP contribution in [-0.2, 0) is 0 Å². The number of hydrogen-bond acceptors (Lipinski definition) is 5. The molecule has 0 unspecified atom stereocenters. The van der Waals surface area contributed by atoms with E-state index in [1.807, 2.05) is 18.7 Å². The molecule has 2 aliphatic rings. The molecule has 1 aromatic heterocycles. The van der Waals surface area contributed by atoms with Crippen LogP contribution in [0.5, 0.6) is 0 Å². The Morgan fingerprint density at radius 1 is 1.41 bits per heavy atom. The van der Waals surface area contributed by atoms with E-state index < -0.39 is 0 Å². The molecule has 0 radical (unpaired) electrons. The number of aromatic nitrogens is 2. The van der Waals surface area contributed by atoms with Crippen molar-refractivity contribution >= 4 is 11.9 Å². The second kappa shape index (κ2) is 6.20. The number of piperidine rings is 2. The van der Waals surface area contributed by atoms with Crippen molar-refractivity contribution in [2.75, 3.05) is 25.4 Å². The highest BCUT2D eigenvalue weighted by molar-refractivity contribution is 5.92. The molecular weight excluding hydrogens is 278 g/mol. The highest BCUT2D eigenvalue weighted by atomic mass is 16.2. The number of nitrogens with zero attached hydrogens (tertiary/aromatic N) is 3. The van der Waals surface area contributed by atoms with Crippen LogP contribution in [-0.4, -0.2) is 46.5 Å². The fraction of sp³-hybridized carbons (Fsp3) is 0.688. The van der Waals surface area contributed by atoms with E-state index in [1.54, 1.807) is 6.07 Å². The SMILES string of the molecule is CC(C)c1cc(C(=O)N2CC[C@@H]3NCCC[C@@H]3C2)nc(N)n1. The maximum atomic E-state index is 12.8. The van der Waals surface area contributed by atoms with Crippen LogP contribution in [0.15, 0.2) is 6.07 Å². The van der Waals surface area contributed by atoms with Crippen LogP contribution in [0.1, 0.15) is 55.2 Å². The average Bonchev–Trinajstić information content (AvgIpc) is 2.53. The smallest absolute Gasteiger partial charge is 0.272 e. The predicted molar refractivity (Wildman–Crippen MR) is 85.6 cm³/mol. The Hall–Kier alpha value is -1.69. The van der Waals surface area contributed by atoms with Gasteiger partial charge in [-0.3, -0.25) is 4.79 Å². The van der Waals surface area contributed by atoms with Gasteiger partial charge in [-0.15, -0.1) is 0 Å². The first-order valence-electron chi connectivity index (χ1n) is 8.21. The summed E-state index contributed by atoms with van der Waals surface area (Å²) in [6.07, 6.45) is 3.42. The molecule has 3 heterocycles. The Balaban J connectivity index is 1.76. The van der Waals surface area contributed by atoms with Crippen LogP contribution in [0.4, 0.5) is 5.95 Å². The molecule has 3 N–H and O–H groups in total. The Kier molecular flexibility index (Phi) is 4.29. The quantitative estimate of drug-likeness (QED) is 0.862. The Labute approximate surface area is 131 Å². The van der Waals surface area contributed by atoms with Crippen molar-refractivity contribution in [1.29, 1.82) is 0 Å². The molecule has 0 aromatic carbocycles. The van der Waals surface area contributed by atoms with Gasteiger partial charge in [-0.05, 0) is 43.7 Å². The molecule has 0 bridgehead atoms. The number of likely N-dealkylation sites (tertiary alicyclic amines) is 1. The summed E-state index contributed by atoms with van der Waals surface area (Å²) in [6.45, 7) is 6.78. The summed E-state index contributed by atoms with van der Waals surface area (Å²) in [5.41, 5.74) is 7.02. The third kappa shape index (κ3) is 3.06. The maximum absolute atomic E-state index is 12.8. The minimum atomic E-state index is -0.0139. The summed E-state index contributed by atoms with van der Waals surface area (Å²) in [5, 5.41) is 3.57. The topological polar surface area (TPSA) is 84.1 Å². The third-order valence-corrected chi connectivity index (χ3v) is 4.75. The number of anilines is 1. The lowest BCUT2D eigenvalue weighted by atomic mass is 9.85. The van der Waals surface area contributed by atoms with Gasteiger partial charge in [0.2, 0.25) is 5.95 Å². The molecule has 2 atom stereocenters. The van der Waals surface area contributed by atoms with Gasteiger partial charge in [0, 0.05) is 24.8 Å². The van der Waals surface area contributed by atoms with Gasteiger partial charge in [-0.25, -0.2) is 9.97 Å². The Morgan fingerprint density at radius 2 is 2.23 bits per heavy atom. The zero-order valence-corrected chi connectivity index (χ0v) is 13.4. The summed E-state index contributed by atoms with van der Waals surface area (Å²) in [4.78, 5) is 23.1. The van der Waals surface area contributed by atoms with Crippen LogP contribution >= 0.6 is 0 Å². The first-order chi connectivity index (χ1) is 10.5. The summed E-state index contributed by atoms with van der Waals surface area (Å²) in [7, 11) is 0. The van der Waals surface area contributed by atoms with E-state index in [9.17, 15) is 4.79 Å². The highest BCUT2D eigenvalue weighted by Crippen LogP contribution is 2.26. The van der Waals surface area contributed by atoms with Crippen molar-refractivity contribution in [3.63, 3.8) is 0 Å². The molecule has 3 rings (SSSR count). The fourth-order valence-electron chi connectivity index (χ4n) is 3.48. The molecule has 6 nitrogen and oxygen atoms in total. The van der Waals surface area contributed by atoms with Crippen LogP contribution in [0, 0.1) is 5.92 Å². The number of amides is 1. The minimum Gasteiger partial charge on any atom is -0.368 e. The normalized spacial score (nSPS) is 25.1. The van der Waals surface area contributed by atoms with Crippen LogP contribution in [0.25, 0.3) is 0 Å². The van der Waals surface area contributed by atoms with Gasteiger partial charge in [0.05, 0.1) is 0 Å². The maximum Gasteiger partial charge on any atom is 0.272 e. The summed E-state index contributed by atoms with van der Waals surface area (Å²) >= 11 is 0. The lowest BCUT2D eigenvalue weighted by Gasteiger charge is -2.41. The summed E-state index contributed by atoms with van der Waals surface area (Å²) in [6, 6.07) is 2.36. The predicted octanol–water partition coefficient (Wildman–Crippen LogP) is 1.40. The van der Waals surface area contributed by atoms with E-state index in [-0.39, 0.29) is 17.8 Å². The number of fused-ring (bicyclic) bond motifs is 1. The molecule has 2 aliphatic heterocycles. The number of carbonyl (C=O) groups is 1. The second-order valence-corrected chi connectivity index (χ2v) is 6.69. The van der Waals surface area contributed by atoms with Gasteiger partial charge in [0.25, 0.3) is 5.91 Å². The monoisotopic (exact) mass is 303 g/mol. The molecule has 1 aromatic rings. The Bertz CT molecular complexity index is 559. The molecule has 0 saturated carbocycles. The van der Waals surface area contributed by atoms with Crippen molar-refractivity contribution in [2.45, 2.75) is 45.1 Å². The lowest BCUT2D eigenvalue weighted by molar-refractivity contribution is 0.0587. The van der Waals surface area contributed by atoms with Gasteiger partial charge in [0.1, 0.15) is 5.69 Å². The zero-order chi connectivity index (χ0) is 15.7. The zero-order valence-electron chi connectivity index (χ0n) is 13.4. The Morgan fingerprint density at radius 3 is 3.00 bits per heavy atom. The third-order valence-electron chi connectivity index (χ3n) is 4.75. The van der Waals surface area contributed by atoms with Crippen LogP contribution in [0.2, 0.25) is 0 Å². The van der Waals surface area contributed by atoms with E-state index in [0.717, 1.165) is 31.7 Å². The molecule has 22 heavy (non-hydrogen) atoms. The molecule has 2 saturated heterocycles. The molecule has 6 heteroatoms. The van der Waals surface area contributed by atoms with Gasteiger partial charge in [-0.2, -0.15) is 0 Å². The molecule has 2 fully saturated rings. The number of nitrogens with one attached hydrogen (secondary N) is 1. The lowest BCUT2D eigenvalue weighted by Crippen LogP contribution is -2.53. The van der Waals surface area contributed by atoms with Gasteiger partial charge in [0.15, 0.2) is 0 Å². The number of nitrogen functional groups attached to an aromatic ring is 1. The van der Waals surface area contributed by atoms with E-state index >= 15 is 0 Å². The molecule has 1 amide bonds. The first-order valence-corrected chi connectivity index (χ1v) is 8.21. The molecule has 0 spiro atoms. The summed E-state index contributed by atoms with van der Waals surface area (Å²) < 4.78 is 0. The summed E-state index contributed by atoms with van der Waals surface area (Å²) in [5.74, 6) is 0.962. The van der Waals surface area contributed by atoms with Crippen molar-refractivity contribution in [2.24, 2.45) is 5.92 Å². The van der Waals surface area contributed by atoms with E-state index in [0.29, 0.717) is 17.7 Å². The van der Waals surface area contributed by atoms with E-state index in [1.165, 1.54) is 12.8 Å². The van der Waals surface area contributed by atoms with E-state index in [4.69, 9.17) is 5.73 Å². The van der Waals surface area contributed by atoms with Gasteiger partial charge >= 0.3 is 0 Å². The van der Waals surface area contributed by atoms with Crippen molar-refractivity contribution in [3.8, 4) is 0 Å². The number of carbonyl (C=O) groups excluding carboxylic acids is 1. The standard InChI is InChI=1S/C16H25N5O/c1-10(2)13-8-14(20-16(17)19-13)15(22)21-7-5-12-11(9-21)4-3-6-18-12/h8,10-12,18H,3-7,9H2,1-2H3,(H2,17,19,20)/t11-,12+/m1/s1. The largest absolute Gasteiger partial charge is 0.368 e. The first kappa shape index (κ1) is 15.2. The number of rotatable bonds is 2.